The van der Waals surface area contributed by atoms with Gasteiger partial charge in [0.05, 0.1) is 0 Å². The van der Waals surface area contributed by atoms with Gasteiger partial charge in [0.1, 0.15) is 0 Å². The lowest BCUT2D eigenvalue weighted by atomic mass is 9.89. The minimum Gasteiger partial charge on any atom is -0.314 e. The fraction of sp³-hybridized carbons (Fsp3) is 0.625. The molecular weight excluding hydrogens is 242 g/mol. The van der Waals surface area contributed by atoms with Crippen molar-refractivity contribution in [2.24, 2.45) is 5.92 Å². The number of aryl methyl sites for hydroxylation is 1. The number of hydrogen-bond acceptors (Lipinski definition) is 1. The predicted octanol–water partition coefficient (Wildman–Crippen LogP) is 4.61. The second-order valence-electron chi connectivity index (χ2n) is 5.04. The Bertz CT molecular complexity index is 358. The van der Waals surface area contributed by atoms with E-state index in [4.69, 9.17) is 11.6 Å². The van der Waals surface area contributed by atoms with Crippen LogP contribution in [0.1, 0.15) is 44.7 Å². The summed E-state index contributed by atoms with van der Waals surface area (Å²) in [4.78, 5) is 0. The molecule has 0 aliphatic heterocycles. The normalized spacial score (nSPS) is 13.0. The van der Waals surface area contributed by atoms with Crippen LogP contribution in [0, 0.1) is 12.8 Å². The molecule has 0 fully saturated rings. The van der Waals surface area contributed by atoms with Gasteiger partial charge in [-0.05, 0) is 43.0 Å². The van der Waals surface area contributed by atoms with E-state index in [-0.39, 0.29) is 0 Å². The molecular formula is C16H26ClN. The van der Waals surface area contributed by atoms with Gasteiger partial charge in [-0.3, -0.25) is 0 Å². The van der Waals surface area contributed by atoms with Crippen LogP contribution >= 0.6 is 11.6 Å². The first-order chi connectivity index (χ1) is 8.62. The Hall–Kier alpha value is -0.530. The van der Waals surface area contributed by atoms with Crippen molar-refractivity contribution in [1.29, 1.82) is 0 Å². The number of rotatable bonds is 7. The van der Waals surface area contributed by atoms with Crippen molar-refractivity contribution in [2.75, 3.05) is 6.54 Å². The Morgan fingerprint density at radius 1 is 1.17 bits per heavy atom. The van der Waals surface area contributed by atoms with Crippen molar-refractivity contribution in [2.45, 2.75) is 53.0 Å². The molecule has 0 bridgehead atoms. The number of benzene rings is 1. The van der Waals surface area contributed by atoms with Crippen LogP contribution in [0.25, 0.3) is 0 Å². The molecule has 1 N–H and O–H groups in total. The third-order valence-corrected chi connectivity index (χ3v) is 4.08. The molecule has 0 heterocycles. The molecule has 0 spiro atoms. The van der Waals surface area contributed by atoms with Gasteiger partial charge in [0.15, 0.2) is 0 Å². The Morgan fingerprint density at radius 2 is 1.83 bits per heavy atom. The van der Waals surface area contributed by atoms with Gasteiger partial charge in [-0.15, -0.1) is 0 Å². The molecule has 102 valence electrons. The summed E-state index contributed by atoms with van der Waals surface area (Å²) in [5, 5.41) is 4.52. The van der Waals surface area contributed by atoms with E-state index in [0.717, 1.165) is 23.9 Å². The fourth-order valence-electron chi connectivity index (χ4n) is 2.58. The largest absolute Gasteiger partial charge is 0.314 e. The molecule has 18 heavy (non-hydrogen) atoms. The van der Waals surface area contributed by atoms with Crippen LogP contribution in [0.5, 0.6) is 0 Å². The standard InChI is InChI=1S/C16H26ClN/c1-5-13(6-2)16(18-7-3)11-14-9-8-12(4)10-15(14)17/h8-10,13,16,18H,5-7,11H2,1-4H3. The highest BCUT2D eigenvalue weighted by atomic mass is 35.5. The van der Waals surface area contributed by atoms with Crippen molar-refractivity contribution in [3.05, 3.63) is 34.3 Å². The zero-order valence-electron chi connectivity index (χ0n) is 12.1. The van der Waals surface area contributed by atoms with Crippen LogP contribution < -0.4 is 5.32 Å². The van der Waals surface area contributed by atoms with Crippen LogP contribution in [-0.2, 0) is 6.42 Å². The van der Waals surface area contributed by atoms with Gasteiger partial charge in [-0.25, -0.2) is 0 Å². The Labute approximate surface area is 117 Å². The third-order valence-electron chi connectivity index (χ3n) is 3.73. The molecule has 1 aromatic rings. The molecule has 1 unspecified atom stereocenters. The maximum atomic E-state index is 6.34. The van der Waals surface area contributed by atoms with Crippen LogP contribution in [0.4, 0.5) is 0 Å². The van der Waals surface area contributed by atoms with Crippen molar-refractivity contribution >= 4 is 11.6 Å². The number of halogens is 1. The summed E-state index contributed by atoms with van der Waals surface area (Å²) in [5.41, 5.74) is 2.49. The van der Waals surface area contributed by atoms with Crippen molar-refractivity contribution in [1.82, 2.24) is 5.32 Å². The SMILES string of the molecule is CCNC(Cc1ccc(C)cc1Cl)C(CC)CC. The second-order valence-corrected chi connectivity index (χ2v) is 5.45. The van der Waals surface area contributed by atoms with E-state index >= 15 is 0 Å². The number of likely N-dealkylation sites (N-methyl/N-ethyl adjacent to an activating group) is 1. The minimum absolute atomic E-state index is 0.533. The van der Waals surface area contributed by atoms with E-state index < -0.39 is 0 Å². The average Bonchev–Trinajstić information content (AvgIpc) is 2.34. The van der Waals surface area contributed by atoms with Gasteiger partial charge in [0.25, 0.3) is 0 Å². The van der Waals surface area contributed by atoms with Gasteiger partial charge < -0.3 is 5.32 Å². The van der Waals surface area contributed by atoms with Gasteiger partial charge in [0, 0.05) is 11.1 Å². The lowest BCUT2D eigenvalue weighted by molar-refractivity contribution is 0.337. The summed E-state index contributed by atoms with van der Waals surface area (Å²) < 4.78 is 0. The van der Waals surface area contributed by atoms with Gasteiger partial charge >= 0.3 is 0 Å². The van der Waals surface area contributed by atoms with Gasteiger partial charge in [-0.1, -0.05) is 57.3 Å². The molecule has 0 aliphatic carbocycles. The monoisotopic (exact) mass is 267 g/mol. The van der Waals surface area contributed by atoms with Crippen LogP contribution in [0.15, 0.2) is 18.2 Å². The minimum atomic E-state index is 0.533. The molecule has 0 amide bonds. The van der Waals surface area contributed by atoms with Crippen molar-refractivity contribution in [3.8, 4) is 0 Å². The Morgan fingerprint density at radius 3 is 2.33 bits per heavy atom. The first-order valence-electron chi connectivity index (χ1n) is 7.10. The zero-order valence-corrected chi connectivity index (χ0v) is 12.8. The van der Waals surface area contributed by atoms with Gasteiger partial charge in [-0.2, -0.15) is 0 Å². The average molecular weight is 268 g/mol. The summed E-state index contributed by atoms with van der Waals surface area (Å²) in [6.07, 6.45) is 3.47. The first kappa shape index (κ1) is 15.5. The van der Waals surface area contributed by atoms with E-state index in [1.807, 2.05) is 0 Å². The van der Waals surface area contributed by atoms with E-state index in [2.05, 4.69) is 51.2 Å². The highest BCUT2D eigenvalue weighted by molar-refractivity contribution is 6.31. The topological polar surface area (TPSA) is 12.0 Å². The van der Waals surface area contributed by atoms with E-state index in [1.165, 1.54) is 24.0 Å². The lowest BCUT2D eigenvalue weighted by Gasteiger charge is -2.26. The first-order valence-corrected chi connectivity index (χ1v) is 7.48. The van der Waals surface area contributed by atoms with Gasteiger partial charge in [0.2, 0.25) is 0 Å². The Balaban J connectivity index is 2.82. The third kappa shape index (κ3) is 4.29. The van der Waals surface area contributed by atoms with Crippen LogP contribution in [0.3, 0.4) is 0 Å². The van der Waals surface area contributed by atoms with Crippen LogP contribution in [0.2, 0.25) is 5.02 Å². The summed E-state index contributed by atoms with van der Waals surface area (Å²) >= 11 is 6.34. The highest BCUT2D eigenvalue weighted by Crippen LogP contribution is 2.23. The van der Waals surface area contributed by atoms with Crippen molar-refractivity contribution < 1.29 is 0 Å². The molecule has 1 atom stereocenters. The summed E-state index contributed by atoms with van der Waals surface area (Å²) in [6.45, 7) is 9.82. The molecule has 1 aromatic carbocycles. The maximum Gasteiger partial charge on any atom is 0.0441 e. The fourth-order valence-corrected chi connectivity index (χ4v) is 2.89. The molecule has 0 aliphatic rings. The molecule has 0 saturated carbocycles. The summed E-state index contributed by atoms with van der Waals surface area (Å²) in [5.74, 6) is 0.724. The molecule has 0 saturated heterocycles. The summed E-state index contributed by atoms with van der Waals surface area (Å²) in [6, 6.07) is 6.92. The second kappa shape index (κ2) is 7.81. The van der Waals surface area contributed by atoms with E-state index in [1.54, 1.807) is 0 Å². The Kier molecular flexibility index (Phi) is 6.73. The maximum absolute atomic E-state index is 6.34. The van der Waals surface area contributed by atoms with E-state index in [0.29, 0.717) is 6.04 Å². The molecule has 2 heteroatoms. The molecule has 1 nitrogen and oxygen atoms in total. The molecule has 0 radical (unpaired) electrons. The number of hydrogen-bond donors (Lipinski definition) is 1. The molecule has 1 rings (SSSR count). The van der Waals surface area contributed by atoms with Crippen LogP contribution in [-0.4, -0.2) is 12.6 Å². The van der Waals surface area contributed by atoms with E-state index in [9.17, 15) is 0 Å². The predicted molar refractivity (Wildman–Crippen MR) is 81.4 cm³/mol. The highest BCUT2D eigenvalue weighted by Gasteiger charge is 2.18. The zero-order chi connectivity index (χ0) is 13.5. The summed E-state index contributed by atoms with van der Waals surface area (Å²) in [7, 11) is 0. The smallest absolute Gasteiger partial charge is 0.0441 e. The quantitative estimate of drug-likeness (QED) is 0.761. The molecule has 0 aromatic heterocycles. The lowest BCUT2D eigenvalue weighted by Crippen LogP contribution is -2.37. The number of nitrogens with one attached hydrogen (secondary N) is 1. The van der Waals surface area contributed by atoms with Crippen molar-refractivity contribution in [3.63, 3.8) is 0 Å².